The number of rotatable bonds is 4. The van der Waals surface area contributed by atoms with Crippen LogP contribution in [-0.4, -0.2) is 38.2 Å². The van der Waals surface area contributed by atoms with Crippen molar-refractivity contribution in [2.45, 2.75) is 6.04 Å². The van der Waals surface area contributed by atoms with Gasteiger partial charge in [-0.1, -0.05) is 12.1 Å². The second-order valence-electron chi connectivity index (χ2n) is 5.11. The zero-order valence-corrected chi connectivity index (χ0v) is 14.1. The zero-order valence-electron chi connectivity index (χ0n) is 12.4. The molecule has 1 aromatic carbocycles. The molecule has 0 bridgehead atoms. The molecule has 2 heterocycles. The lowest BCUT2D eigenvalue weighted by Gasteiger charge is -2.35. The predicted octanol–water partition coefficient (Wildman–Crippen LogP) is 3.31. The normalized spacial score (nSPS) is 16.8. The van der Waals surface area contributed by atoms with Gasteiger partial charge < -0.3 is 10.1 Å². The van der Waals surface area contributed by atoms with Crippen molar-refractivity contribution in [1.29, 1.82) is 0 Å². The van der Waals surface area contributed by atoms with Crippen LogP contribution in [0, 0.1) is 5.82 Å². The van der Waals surface area contributed by atoms with E-state index in [9.17, 15) is 4.39 Å². The number of nitrogens with zero attached hydrogens (tertiary/aromatic N) is 1. The molecule has 0 amide bonds. The first kappa shape index (κ1) is 17.2. The van der Waals surface area contributed by atoms with E-state index >= 15 is 0 Å². The highest BCUT2D eigenvalue weighted by Crippen LogP contribution is 2.37. The van der Waals surface area contributed by atoms with Crippen molar-refractivity contribution in [3.63, 3.8) is 0 Å². The van der Waals surface area contributed by atoms with Gasteiger partial charge in [0.1, 0.15) is 0 Å². The summed E-state index contributed by atoms with van der Waals surface area (Å²) in [5.41, 5.74) is 2.10. The van der Waals surface area contributed by atoms with Crippen molar-refractivity contribution < 1.29 is 9.13 Å². The van der Waals surface area contributed by atoms with Gasteiger partial charge in [0, 0.05) is 31.7 Å². The number of halogens is 2. The topological polar surface area (TPSA) is 24.5 Å². The van der Waals surface area contributed by atoms with Crippen molar-refractivity contribution in [3.8, 4) is 5.75 Å². The van der Waals surface area contributed by atoms with Crippen LogP contribution in [0.15, 0.2) is 35.0 Å². The standard InChI is InChI=1S/C16H19FN2OS.ClH/c1-20-16-13(3-2-4-14(16)17)15(12-5-10-21-11-12)19-8-6-18-7-9-19;/h2-5,10-11,15,18H,6-9H2,1H3;1H/t15-;/m0./s1. The number of ether oxygens (including phenoxy) is 1. The molecule has 22 heavy (non-hydrogen) atoms. The van der Waals surface area contributed by atoms with Crippen LogP contribution in [0.4, 0.5) is 4.39 Å². The van der Waals surface area contributed by atoms with Gasteiger partial charge in [0.2, 0.25) is 0 Å². The first-order valence-corrected chi connectivity index (χ1v) is 8.05. The molecule has 3 rings (SSSR count). The fourth-order valence-electron chi connectivity index (χ4n) is 2.91. The second kappa shape index (κ2) is 7.92. The minimum atomic E-state index is -0.301. The van der Waals surface area contributed by atoms with Crippen LogP contribution in [0.5, 0.6) is 5.75 Å². The van der Waals surface area contributed by atoms with Crippen LogP contribution in [0.1, 0.15) is 17.2 Å². The van der Waals surface area contributed by atoms with Gasteiger partial charge in [0.15, 0.2) is 11.6 Å². The average Bonchev–Trinajstić information content (AvgIpc) is 3.03. The van der Waals surface area contributed by atoms with Gasteiger partial charge in [-0.25, -0.2) is 4.39 Å². The Balaban J connectivity index is 0.00000176. The number of nitrogens with one attached hydrogen (secondary N) is 1. The Kier molecular flexibility index (Phi) is 6.20. The smallest absolute Gasteiger partial charge is 0.165 e. The summed E-state index contributed by atoms with van der Waals surface area (Å²) >= 11 is 1.67. The molecular weight excluding hydrogens is 323 g/mol. The van der Waals surface area contributed by atoms with E-state index in [4.69, 9.17) is 4.74 Å². The van der Waals surface area contributed by atoms with Crippen molar-refractivity contribution in [2.75, 3.05) is 33.3 Å². The van der Waals surface area contributed by atoms with Gasteiger partial charge in [-0.2, -0.15) is 11.3 Å². The number of benzene rings is 1. The van der Waals surface area contributed by atoms with Gasteiger partial charge in [0.25, 0.3) is 0 Å². The summed E-state index contributed by atoms with van der Waals surface area (Å²) in [5.74, 6) is 0.0533. The maximum absolute atomic E-state index is 14.1. The Bertz CT molecular complexity index is 588. The molecule has 120 valence electrons. The summed E-state index contributed by atoms with van der Waals surface area (Å²) in [6.07, 6.45) is 0. The zero-order chi connectivity index (χ0) is 14.7. The van der Waals surface area contributed by atoms with Crippen LogP contribution < -0.4 is 10.1 Å². The summed E-state index contributed by atoms with van der Waals surface area (Å²) in [4.78, 5) is 2.38. The molecule has 3 nitrogen and oxygen atoms in total. The highest BCUT2D eigenvalue weighted by molar-refractivity contribution is 7.08. The Labute approximate surface area is 140 Å². The number of hydrogen-bond donors (Lipinski definition) is 1. The molecule has 1 saturated heterocycles. The van der Waals surface area contributed by atoms with E-state index in [-0.39, 0.29) is 24.3 Å². The second-order valence-corrected chi connectivity index (χ2v) is 5.89. The molecule has 0 spiro atoms. The summed E-state index contributed by atoms with van der Waals surface area (Å²) in [6, 6.07) is 7.33. The van der Waals surface area contributed by atoms with E-state index in [1.165, 1.54) is 18.7 Å². The van der Waals surface area contributed by atoms with E-state index in [0.29, 0.717) is 5.75 Å². The SMILES string of the molecule is COc1c(F)cccc1[C@H](c1ccsc1)N1CCNCC1.Cl. The van der Waals surface area contributed by atoms with Crippen molar-refractivity contribution in [3.05, 3.63) is 52.0 Å². The van der Waals surface area contributed by atoms with Crippen molar-refractivity contribution >= 4 is 23.7 Å². The Morgan fingerprint density at radius 2 is 2.05 bits per heavy atom. The summed E-state index contributed by atoms with van der Waals surface area (Å²) in [7, 11) is 1.53. The van der Waals surface area contributed by atoms with E-state index in [0.717, 1.165) is 31.7 Å². The largest absolute Gasteiger partial charge is 0.493 e. The lowest BCUT2D eigenvalue weighted by Crippen LogP contribution is -2.45. The molecule has 2 aromatic rings. The highest BCUT2D eigenvalue weighted by Gasteiger charge is 2.27. The van der Waals surface area contributed by atoms with Gasteiger partial charge in [-0.3, -0.25) is 4.90 Å². The molecule has 0 aliphatic carbocycles. The van der Waals surface area contributed by atoms with Crippen molar-refractivity contribution in [1.82, 2.24) is 10.2 Å². The first-order valence-electron chi connectivity index (χ1n) is 7.10. The fourth-order valence-corrected chi connectivity index (χ4v) is 3.59. The molecule has 0 radical (unpaired) electrons. The van der Waals surface area contributed by atoms with Crippen molar-refractivity contribution in [2.24, 2.45) is 0 Å². The predicted molar refractivity (Wildman–Crippen MR) is 90.8 cm³/mol. The van der Waals surface area contributed by atoms with Crippen LogP contribution >= 0.6 is 23.7 Å². The molecule has 0 unspecified atom stereocenters. The molecule has 1 aliphatic rings. The van der Waals surface area contributed by atoms with Crippen LogP contribution in [0.2, 0.25) is 0 Å². The van der Waals surface area contributed by atoms with E-state index < -0.39 is 0 Å². The number of hydrogen-bond acceptors (Lipinski definition) is 4. The molecule has 1 aromatic heterocycles. The number of piperazine rings is 1. The molecule has 1 atom stereocenters. The minimum absolute atomic E-state index is 0. The Morgan fingerprint density at radius 3 is 2.68 bits per heavy atom. The van der Waals surface area contributed by atoms with E-state index in [1.54, 1.807) is 17.4 Å². The summed E-state index contributed by atoms with van der Waals surface area (Å²) in [6.45, 7) is 3.80. The minimum Gasteiger partial charge on any atom is -0.493 e. The van der Waals surface area contributed by atoms with Crippen LogP contribution in [0.25, 0.3) is 0 Å². The average molecular weight is 343 g/mol. The summed E-state index contributed by atoms with van der Waals surface area (Å²) in [5, 5.41) is 7.56. The molecule has 6 heteroatoms. The van der Waals surface area contributed by atoms with Gasteiger partial charge in [-0.15, -0.1) is 12.4 Å². The van der Waals surface area contributed by atoms with Gasteiger partial charge in [0.05, 0.1) is 13.2 Å². The monoisotopic (exact) mass is 342 g/mol. The summed E-state index contributed by atoms with van der Waals surface area (Å²) < 4.78 is 19.4. The quantitative estimate of drug-likeness (QED) is 0.922. The lowest BCUT2D eigenvalue weighted by molar-refractivity contribution is 0.195. The van der Waals surface area contributed by atoms with E-state index in [2.05, 4.69) is 27.0 Å². The highest BCUT2D eigenvalue weighted by atomic mass is 35.5. The Hall–Kier alpha value is -1.14. The third-order valence-corrected chi connectivity index (χ3v) is 4.57. The van der Waals surface area contributed by atoms with Gasteiger partial charge in [-0.05, 0) is 28.5 Å². The molecule has 1 fully saturated rings. The maximum atomic E-state index is 14.1. The van der Waals surface area contributed by atoms with Gasteiger partial charge >= 0.3 is 0 Å². The molecule has 1 aliphatic heterocycles. The van der Waals surface area contributed by atoms with Crippen LogP contribution in [-0.2, 0) is 0 Å². The van der Waals surface area contributed by atoms with E-state index in [1.807, 2.05) is 6.07 Å². The van der Waals surface area contributed by atoms with Crippen LogP contribution in [0.3, 0.4) is 0 Å². The number of thiophene rings is 1. The third kappa shape index (κ3) is 3.43. The lowest BCUT2D eigenvalue weighted by atomic mass is 9.97. The Morgan fingerprint density at radius 1 is 1.27 bits per heavy atom. The molecular formula is C16H20ClFN2OS. The number of para-hydroxylation sites is 1. The fraction of sp³-hybridized carbons (Fsp3) is 0.375. The third-order valence-electron chi connectivity index (χ3n) is 3.87. The molecule has 0 saturated carbocycles. The maximum Gasteiger partial charge on any atom is 0.165 e. The molecule has 1 N–H and O–H groups in total. The first-order chi connectivity index (χ1) is 10.3. The number of methoxy groups -OCH3 is 1.